The minimum atomic E-state index is -0.617. The summed E-state index contributed by atoms with van der Waals surface area (Å²) in [6, 6.07) is 10.3. The lowest BCUT2D eigenvalue weighted by Gasteiger charge is -2.24. The van der Waals surface area contributed by atoms with Crippen LogP contribution in [0.25, 0.3) is 0 Å². The minimum absolute atomic E-state index is 0.00100. The van der Waals surface area contributed by atoms with Crippen molar-refractivity contribution in [3.63, 3.8) is 0 Å². The van der Waals surface area contributed by atoms with Crippen molar-refractivity contribution in [2.45, 2.75) is 78.6 Å². The summed E-state index contributed by atoms with van der Waals surface area (Å²) < 4.78 is 30.2. The summed E-state index contributed by atoms with van der Waals surface area (Å²) >= 11 is 0. The molecule has 2 N–H and O–H groups in total. The fourth-order valence-electron chi connectivity index (χ4n) is 4.67. The van der Waals surface area contributed by atoms with E-state index in [2.05, 4.69) is 15.6 Å². The van der Waals surface area contributed by atoms with Gasteiger partial charge in [-0.1, -0.05) is 12.1 Å². The standard InChI is InChI=1S/C31H45FN4O5/c1-21-15-25(34-27(16-21)35-28(37)40-30(2,3)4)18-23-19-36(29(38)41-31(5,6)7)20-26(23)33-12-14-39-13-11-22-9-8-10-24(32)17-22/h8-10,15-17,23,26,33H,11-14,18-20H2,1-7H3,(H,34,35,37)/t23-,26+/m1/s1. The molecule has 0 spiro atoms. The quantitative estimate of drug-likeness (QED) is 0.362. The van der Waals surface area contributed by atoms with Gasteiger partial charge in [0.15, 0.2) is 0 Å². The predicted octanol–water partition coefficient (Wildman–Crippen LogP) is 5.50. The maximum atomic E-state index is 13.4. The zero-order valence-corrected chi connectivity index (χ0v) is 25.4. The van der Waals surface area contributed by atoms with Crippen molar-refractivity contribution in [1.82, 2.24) is 15.2 Å². The van der Waals surface area contributed by atoms with Crippen LogP contribution < -0.4 is 10.6 Å². The highest BCUT2D eigenvalue weighted by Crippen LogP contribution is 2.24. The number of halogens is 1. The highest BCUT2D eigenvalue weighted by atomic mass is 19.1. The van der Waals surface area contributed by atoms with E-state index in [1.54, 1.807) is 37.8 Å². The van der Waals surface area contributed by atoms with E-state index in [1.165, 1.54) is 12.1 Å². The molecule has 226 valence electrons. The Bertz CT molecular complexity index is 1180. The average Bonchev–Trinajstić information content (AvgIpc) is 3.21. The molecule has 2 atom stereocenters. The van der Waals surface area contributed by atoms with Gasteiger partial charge in [-0.05, 0) is 103 Å². The molecule has 1 aromatic carbocycles. The number of nitrogens with zero attached hydrogens (tertiary/aromatic N) is 2. The SMILES string of the molecule is Cc1cc(C[C@@H]2CN(C(=O)OC(C)(C)C)C[C@@H]2NCCOCCc2cccc(F)c2)nc(NC(=O)OC(C)(C)C)c1. The zero-order valence-electron chi connectivity index (χ0n) is 25.4. The number of aromatic nitrogens is 1. The van der Waals surface area contributed by atoms with Crippen LogP contribution in [0.5, 0.6) is 0 Å². The molecule has 1 fully saturated rings. The van der Waals surface area contributed by atoms with Crippen LogP contribution in [0.1, 0.15) is 58.4 Å². The lowest BCUT2D eigenvalue weighted by Crippen LogP contribution is -2.40. The lowest BCUT2D eigenvalue weighted by molar-refractivity contribution is 0.0285. The Balaban J connectivity index is 1.61. The summed E-state index contributed by atoms with van der Waals surface area (Å²) in [5, 5.41) is 6.27. The summed E-state index contributed by atoms with van der Waals surface area (Å²) in [6.45, 7) is 15.5. The van der Waals surface area contributed by atoms with E-state index in [0.29, 0.717) is 51.5 Å². The van der Waals surface area contributed by atoms with E-state index >= 15 is 0 Å². The zero-order chi connectivity index (χ0) is 30.2. The molecule has 2 amide bonds. The molecule has 0 radical (unpaired) electrons. The molecule has 10 heteroatoms. The van der Waals surface area contributed by atoms with Crippen molar-refractivity contribution in [3.05, 3.63) is 59.0 Å². The summed E-state index contributed by atoms with van der Waals surface area (Å²) in [6.07, 6.45) is 0.329. The molecule has 1 aliphatic heterocycles. The topological polar surface area (TPSA) is 102 Å². The summed E-state index contributed by atoms with van der Waals surface area (Å²) in [5.74, 6) is 0.243. The van der Waals surface area contributed by atoms with Gasteiger partial charge in [0.25, 0.3) is 0 Å². The van der Waals surface area contributed by atoms with Crippen molar-refractivity contribution < 1.29 is 28.2 Å². The van der Waals surface area contributed by atoms with Crippen LogP contribution in [0.3, 0.4) is 0 Å². The van der Waals surface area contributed by atoms with E-state index < -0.39 is 17.3 Å². The number of aryl methyl sites for hydroxylation is 1. The Morgan fingerprint density at radius 1 is 1.02 bits per heavy atom. The molecular formula is C31H45FN4O5. The number of amides is 2. The van der Waals surface area contributed by atoms with Crippen molar-refractivity contribution in [3.8, 4) is 0 Å². The number of nitrogens with one attached hydrogen (secondary N) is 2. The largest absolute Gasteiger partial charge is 0.444 e. The van der Waals surface area contributed by atoms with E-state index in [0.717, 1.165) is 16.8 Å². The van der Waals surface area contributed by atoms with Crippen molar-refractivity contribution >= 4 is 18.0 Å². The van der Waals surface area contributed by atoms with Gasteiger partial charge >= 0.3 is 12.2 Å². The summed E-state index contributed by atoms with van der Waals surface area (Å²) in [5.41, 5.74) is 1.46. The predicted molar refractivity (Wildman–Crippen MR) is 157 cm³/mol. The second-order valence-electron chi connectivity index (χ2n) is 12.6. The molecular weight excluding hydrogens is 527 g/mol. The molecule has 2 aromatic rings. The first-order chi connectivity index (χ1) is 19.2. The molecule has 0 bridgehead atoms. The molecule has 0 aliphatic carbocycles. The lowest BCUT2D eigenvalue weighted by atomic mass is 9.97. The van der Waals surface area contributed by atoms with Gasteiger partial charge in [-0.15, -0.1) is 0 Å². The Morgan fingerprint density at radius 3 is 2.44 bits per heavy atom. The van der Waals surface area contributed by atoms with Crippen LogP contribution in [-0.4, -0.2) is 72.2 Å². The van der Waals surface area contributed by atoms with Gasteiger partial charge in [0.05, 0.1) is 13.2 Å². The van der Waals surface area contributed by atoms with Crippen LogP contribution in [0.15, 0.2) is 36.4 Å². The van der Waals surface area contributed by atoms with E-state index in [1.807, 2.05) is 39.8 Å². The number of carbonyl (C=O) groups is 2. The minimum Gasteiger partial charge on any atom is -0.444 e. The first-order valence-corrected chi connectivity index (χ1v) is 14.2. The molecule has 0 unspecified atom stereocenters. The fraction of sp³-hybridized carbons (Fsp3) is 0.581. The third-order valence-corrected chi connectivity index (χ3v) is 6.29. The average molecular weight is 573 g/mol. The van der Waals surface area contributed by atoms with Crippen molar-refractivity contribution in [2.75, 3.05) is 38.2 Å². The van der Waals surface area contributed by atoms with E-state index in [-0.39, 0.29) is 23.9 Å². The summed E-state index contributed by atoms with van der Waals surface area (Å²) in [4.78, 5) is 31.6. The molecule has 9 nitrogen and oxygen atoms in total. The number of ether oxygens (including phenoxy) is 3. The molecule has 2 heterocycles. The highest BCUT2D eigenvalue weighted by molar-refractivity contribution is 5.83. The maximum Gasteiger partial charge on any atom is 0.413 e. The third kappa shape index (κ3) is 11.6. The van der Waals surface area contributed by atoms with Crippen LogP contribution >= 0.6 is 0 Å². The normalized spacial score (nSPS) is 17.4. The van der Waals surface area contributed by atoms with Gasteiger partial charge < -0.3 is 24.4 Å². The van der Waals surface area contributed by atoms with Crippen molar-refractivity contribution in [2.24, 2.45) is 5.92 Å². The van der Waals surface area contributed by atoms with Crippen LogP contribution in [0.2, 0.25) is 0 Å². The Labute approximate surface area is 243 Å². The first-order valence-electron chi connectivity index (χ1n) is 14.2. The van der Waals surface area contributed by atoms with Crippen LogP contribution in [0.4, 0.5) is 19.8 Å². The van der Waals surface area contributed by atoms with Crippen molar-refractivity contribution in [1.29, 1.82) is 0 Å². The van der Waals surface area contributed by atoms with Gasteiger partial charge in [-0.25, -0.2) is 19.0 Å². The number of pyridine rings is 1. The number of anilines is 1. The first kappa shape index (κ1) is 32.3. The Morgan fingerprint density at radius 2 is 1.76 bits per heavy atom. The number of hydrogen-bond acceptors (Lipinski definition) is 7. The Hall–Kier alpha value is -3.24. The van der Waals surface area contributed by atoms with Crippen LogP contribution in [-0.2, 0) is 27.1 Å². The second kappa shape index (κ2) is 14.1. The number of hydrogen-bond donors (Lipinski definition) is 2. The Kier molecular flexibility index (Phi) is 11.1. The molecule has 0 saturated carbocycles. The summed E-state index contributed by atoms with van der Waals surface area (Å²) in [7, 11) is 0. The fourth-order valence-corrected chi connectivity index (χ4v) is 4.67. The molecule has 1 aromatic heterocycles. The molecule has 41 heavy (non-hydrogen) atoms. The molecule has 3 rings (SSSR count). The van der Waals surface area contributed by atoms with Gasteiger partial charge in [-0.3, -0.25) is 5.32 Å². The second-order valence-corrected chi connectivity index (χ2v) is 12.6. The smallest absolute Gasteiger partial charge is 0.413 e. The number of rotatable bonds is 10. The number of carbonyl (C=O) groups excluding carboxylic acids is 2. The molecule has 1 aliphatic rings. The van der Waals surface area contributed by atoms with Gasteiger partial charge in [0.1, 0.15) is 22.8 Å². The number of likely N-dealkylation sites (tertiary alicyclic amines) is 1. The monoisotopic (exact) mass is 572 g/mol. The van der Waals surface area contributed by atoms with Gasteiger partial charge in [-0.2, -0.15) is 0 Å². The highest BCUT2D eigenvalue weighted by Gasteiger charge is 2.37. The third-order valence-electron chi connectivity index (χ3n) is 6.29. The van der Waals surface area contributed by atoms with Gasteiger partial charge in [0, 0.05) is 31.4 Å². The molecule has 1 saturated heterocycles. The van der Waals surface area contributed by atoms with E-state index in [4.69, 9.17) is 14.2 Å². The maximum absolute atomic E-state index is 13.4. The number of benzene rings is 1. The van der Waals surface area contributed by atoms with Crippen LogP contribution in [0, 0.1) is 18.7 Å². The van der Waals surface area contributed by atoms with Gasteiger partial charge in [0.2, 0.25) is 0 Å². The van der Waals surface area contributed by atoms with E-state index in [9.17, 15) is 14.0 Å².